The minimum Gasteiger partial charge on any atom is -0.326 e. The molecular formula is C11H18ClN. The van der Waals surface area contributed by atoms with Crippen molar-refractivity contribution >= 4 is 12.4 Å². The van der Waals surface area contributed by atoms with Crippen LogP contribution in [0.3, 0.4) is 0 Å². The fourth-order valence-electron chi connectivity index (χ4n) is 1.37. The number of unbranched alkanes of at least 4 members (excludes halogenated alkanes) is 1. The molecule has 0 atom stereocenters. The Kier molecular flexibility index (Phi) is 6.65. The van der Waals surface area contributed by atoms with Crippen molar-refractivity contribution in [3.05, 3.63) is 35.4 Å². The first-order valence-corrected chi connectivity index (χ1v) is 4.65. The summed E-state index contributed by atoms with van der Waals surface area (Å²) in [7, 11) is 0. The third kappa shape index (κ3) is 3.79. The van der Waals surface area contributed by atoms with Crippen LogP contribution in [-0.4, -0.2) is 0 Å². The molecule has 2 heteroatoms. The number of nitrogens with two attached hydrogens (primary N) is 1. The molecule has 0 saturated carbocycles. The molecule has 0 spiro atoms. The Hall–Kier alpha value is -0.530. The van der Waals surface area contributed by atoms with Crippen LogP contribution in [0.25, 0.3) is 0 Å². The third-order valence-electron chi connectivity index (χ3n) is 2.14. The molecule has 1 rings (SSSR count). The second kappa shape index (κ2) is 6.93. The summed E-state index contributed by atoms with van der Waals surface area (Å²) in [6, 6.07) is 8.44. The van der Waals surface area contributed by atoms with Gasteiger partial charge in [0.25, 0.3) is 0 Å². The molecule has 0 aromatic heterocycles. The summed E-state index contributed by atoms with van der Waals surface area (Å²) in [6.07, 6.45) is 3.68. The Balaban J connectivity index is 0.00000144. The SMILES string of the molecule is CCCCc1ccccc1CN.Cl. The van der Waals surface area contributed by atoms with Crippen LogP contribution >= 0.6 is 12.4 Å². The molecule has 0 amide bonds. The summed E-state index contributed by atoms with van der Waals surface area (Å²) in [5.41, 5.74) is 8.34. The van der Waals surface area contributed by atoms with E-state index in [-0.39, 0.29) is 12.4 Å². The Labute approximate surface area is 86.7 Å². The zero-order valence-electron chi connectivity index (χ0n) is 8.12. The maximum atomic E-state index is 5.62. The van der Waals surface area contributed by atoms with Gasteiger partial charge in [0.15, 0.2) is 0 Å². The predicted octanol–water partition coefficient (Wildman–Crippen LogP) is 2.91. The van der Waals surface area contributed by atoms with Gasteiger partial charge in [0.1, 0.15) is 0 Å². The molecule has 0 radical (unpaired) electrons. The van der Waals surface area contributed by atoms with Gasteiger partial charge in [-0.1, -0.05) is 37.6 Å². The first-order valence-electron chi connectivity index (χ1n) is 4.65. The van der Waals surface area contributed by atoms with Crippen LogP contribution < -0.4 is 5.73 Å². The molecule has 0 heterocycles. The summed E-state index contributed by atoms with van der Waals surface area (Å²) in [5.74, 6) is 0. The Morgan fingerprint density at radius 1 is 1.15 bits per heavy atom. The first-order chi connectivity index (χ1) is 5.88. The molecule has 0 saturated heterocycles. The van der Waals surface area contributed by atoms with E-state index in [1.807, 2.05) is 0 Å². The molecule has 0 bridgehead atoms. The van der Waals surface area contributed by atoms with Crippen molar-refractivity contribution in [2.45, 2.75) is 32.7 Å². The first kappa shape index (κ1) is 12.5. The fourth-order valence-corrected chi connectivity index (χ4v) is 1.37. The van der Waals surface area contributed by atoms with Gasteiger partial charge in [-0.3, -0.25) is 0 Å². The summed E-state index contributed by atoms with van der Waals surface area (Å²) < 4.78 is 0. The number of aryl methyl sites for hydroxylation is 1. The lowest BCUT2D eigenvalue weighted by Crippen LogP contribution is -2.00. The van der Waals surface area contributed by atoms with Crippen molar-refractivity contribution in [1.82, 2.24) is 0 Å². The lowest BCUT2D eigenvalue weighted by molar-refractivity contribution is 0.786. The number of rotatable bonds is 4. The van der Waals surface area contributed by atoms with E-state index in [0.717, 1.165) is 0 Å². The standard InChI is InChI=1S/C11H17N.ClH/c1-2-3-6-10-7-4-5-8-11(10)9-12;/h4-5,7-8H,2-3,6,9,12H2,1H3;1H. The molecule has 2 N–H and O–H groups in total. The molecule has 0 unspecified atom stereocenters. The van der Waals surface area contributed by atoms with Crippen molar-refractivity contribution in [3.63, 3.8) is 0 Å². The van der Waals surface area contributed by atoms with E-state index < -0.39 is 0 Å². The number of benzene rings is 1. The molecule has 0 aliphatic carbocycles. The monoisotopic (exact) mass is 199 g/mol. The molecular weight excluding hydrogens is 182 g/mol. The minimum absolute atomic E-state index is 0. The van der Waals surface area contributed by atoms with E-state index in [4.69, 9.17) is 5.73 Å². The quantitative estimate of drug-likeness (QED) is 0.793. The molecule has 13 heavy (non-hydrogen) atoms. The Bertz CT molecular complexity index is 235. The van der Waals surface area contributed by atoms with Gasteiger partial charge in [0.2, 0.25) is 0 Å². The largest absolute Gasteiger partial charge is 0.326 e. The van der Waals surface area contributed by atoms with E-state index in [9.17, 15) is 0 Å². The second-order valence-corrected chi connectivity index (χ2v) is 3.08. The Morgan fingerprint density at radius 3 is 2.31 bits per heavy atom. The summed E-state index contributed by atoms with van der Waals surface area (Å²) in [6.45, 7) is 2.88. The third-order valence-corrected chi connectivity index (χ3v) is 2.14. The molecule has 1 nitrogen and oxygen atoms in total. The van der Waals surface area contributed by atoms with Crippen LogP contribution in [-0.2, 0) is 13.0 Å². The van der Waals surface area contributed by atoms with E-state index in [1.54, 1.807) is 0 Å². The molecule has 0 aliphatic rings. The number of hydrogen-bond donors (Lipinski definition) is 1. The van der Waals surface area contributed by atoms with Crippen LogP contribution in [0.2, 0.25) is 0 Å². The fraction of sp³-hybridized carbons (Fsp3) is 0.455. The molecule has 0 fully saturated rings. The molecule has 0 aliphatic heterocycles. The summed E-state index contributed by atoms with van der Waals surface area (Å²) >= 11 is 0. The maximum Gasteiger partial charge on any atom is 0.0180 e. The van der Waals surface area contributed by atoms with Gasteiger partial charge in [0.05, 0.1) is 0 Å². The Morgan fingerprint density at radius 2 is 1.77 bits per heavy atom. The average Bonchev–Trinajstić information content (AvgIpc) is 2.15. The molecule has 74 valence electrons. The highest BCUT2D eigenvalue weighted by Gasteiger charge is 1.97. The highest BCUT2D eigenvalue weighted by molar-refractivity contribution is 5.85. The van der Waals surface area contributed by atoms with Gasteiger partial charge >= 0.3 is 0 Å². The topological polar surface area (TPSA) is 26.0 Å². The minimum atomic E-state index is 0. The summed E-state index contributed by atoms with van der Waals surface area (Å²) in [5, 5.41) is 0. The van der Waals surface area contributed by atoms with Gasteiger partial charge in [0, 0.05) is 6.54 Å². The van der Waals surface area contributed by atoms with Crippen LogP contribution in [0.1, 0.15) is 30.9 Å². The highest BCUT2D eigenvalue weighted by atomic mass is 35.5. The van der Waals surface area contributed by atoms with E-state index in [0.29, 0.717) is 6.54 Å². The zero-order valence-corrected chi connectivity index (χ0v) is 8.94. The van der Waals surface area contributed by atoms with Crippen molar-refractivity contribution in [2.75, 3.05) is 0 Å². The zero-order chi connectivity index (χ0) is 8.81. The number of halogens is 1. The second-order valence-electron chi connectivity index (χ2n) is 3.08. The molecule has 1 aromatic rings. The smallest absolute Gasteiger partial charge is 0.0180 e. The van der Waals surface area contributed by atoms with E-state index >= 15 is 0 Å². The maximum absolute atomic E-state index is 5.62. The van der Waals surface area contributed by atoms with Crippen molar-refractivity contribution in [3.8, 4) is 0 Å². The van der Waals surface area contributed by atoms with Crippen molar-refractivity contribution in [2.24, 2.45) is 5.73 Å². The highest BCUT2D eigenvalue weighted by Crippen LogP contribution is 2.10. The van der Waals surface area contributed by atoms with Crippen LogP contribution in [0, 0.1) is 0 Å². The summed E-state index contributed by atoms with van der Waals surface area (Å²) in [4.78, 5) is 0. The van der Waals surface area contributed by atoms with Gasteiger partial charge in [-0.2, -0.15) is 0 Å². The van der Waals surface area contributed by atoms with E-state index in [2.05, 4.69) is 31.2 Å². The van der Waals surface area contributed by atoms with Crippen LogP contribution in [0.5, 0.6) is 0 Å². The number of hydrogen-bond acceptors (Lipinski definition) is 1. The van der Waals surface area contributed by atoms with Gasteiger partial charge < -0.3 is 5.73 Å². The lowest BCUT2D eigenvalue weighted by Gasteiger charge is -2.05. The van der Waals surface area contributed by atoms with Crippen LogP contribution in [0.15, 0.2) is 24.3 Å². The normalized spacial score (nSPS) is 9.38. The predicted molar refractivity (Wildman–Crippen MR) is 60.2 cm³/mol. The van der Waals surface area contributed by atoms with Gasteiger partial charge in [-0.25, -0.2) is 0 Å². The van der Waals surface area contributed by atoms with E-state index in [1.165, 1.54) is 30.4 Å². The average molecular weight is 200 g/mol. The lowest BCUT2D eigenvalue weighted by atomic mass is 10.0. The van der Waals surface area contributed by atoms with Gasteiger partial charge in [-0.05, 0) is 24.0 Å². The molecule has 1 aromatic carbocycles. The van der Waals surface area contributed by atoms with Crippen molar-refractivity contribution in [1.29, 1.82) is 0 Å². The van der Waals surface area contributed by atoms with Crippen molar-refractivity contribution < 1.29 is 0 Å². The van der Waals surface area contributed by atoms with Gasteiger partial charge in [-0.15, -0.1) is 12.4 Å². The van der Waals surface area contributed by atoms with Crippen LogP contribution in [0.4, 0.5) is 0 Å².